The monoisotopic (exact) mass is 260 g/mol. The van der Waals surface area contributed by atoms with E-state index in [4.69, 9.17) is 10.00 Å². The SMILES string of the molecule is CCN(CCN1CCOCC1)c1cc(C#N)ccn1. The number of pyridine rings is 1. The highest BCUT2D eigenvalue weighted by Crippen LogP contribution is 2.12. The quantitative estimate of drug-likeness (QED) is 0.794. The van der Waals surface area contributed by atoms with Gasteiger partial charge in [0.1, 0.15) is 5.82 Å². The van der Waals surface area contributed by atoms with Gasteiger partial charge in [-0.3, -0.25) is 4.90 Å². The Bertz CT molecular complexity index is 437. The number of aromatic nitrogens is 1. The standard InChI is InChI=1S/C14H20N4O/c1-2-18(6-5-17-7-9-19-10-8-17)14-11-13(12-15)3-4-16-14/h3-4,11H,2,5-10H2,1H3. The molecule has 1 aromatic rings. The van der Waals surface area contributed by atoms with Gasteiger partial charge in [0, 0.05) is 38.9 Å². The molecule has 1 aliphatic rings. The van der Waals surface area contributed by atoms with Crippen LogP contribution in [0.3, 0.4) is 0 Å². The zero-order valence-corrected chi connectivity index (χ0v) is 11.4. The number of hydrogen-bond acceptors (Lipinski definition) is 5. The Morgan fingerprint density at radius 2 is 2.26 bits per heavy atom. The van der Waals surface area contributed by atoms with E-state index in [0.717, 1.165) is 51.8 Å². The maximum Gasteiger partial charge on any atom is 0.129 e. The zero-order valence-electron chi connectivity index (χ0n) is 11.4. The van der Waals surface area contributed by atoms with Crippen LogP contribution in [0.2, 0.25) is 0 Å². The lowest BCUT2D eigenvalue weighted by Crippen LogP contribution is -2.41. The second-order valence-corrected chi connectivity index (χ2v) is 4.55. The summed E-state index contributed by atoms with van der Waals surface area (Å²) in [7, 11) is 0. The van der Waals surface area contributed by atoms with E-state index in [1.54, 1.807) is 12.3 Å². The minimum Gasteiger partial charge on any atom is -0.379 e. The molecule has 19 heavy (non-hydrogen) atoms. The molecular formula is C14H20N4O. The molecule has 2 rings (SSSR count). The highest BCUT2D eigenvalue weighted by molar-refractivity contribution is 5.44. The molecule has 5 heteroatoms. The molecule has 2 heterocycles. The summed E-state index contributed by atoms with van der Waals surface area (Å²) in [5, 5.41) is 8.93. The first-order valence-electron chi connectivity index (χ1n) is 6.74. The summed E-state index contributed by atoms with van der Waals surface area (Å²) in [5.41, 5.74) is 0.662. The second-order valence-electron chi connectivity index (χ2n) is 4.55. The second kappa shape index (κ2) is 7.07. The minimum atomic E-state index is 0.662. The third-order valence-corrected chi connectivity index (χ3v) is 3.37. The van der Waals surface area contributed by atoms with E-state index in [2.05, 4.69) is 27.8 Å². The van der Waals surface area contributed by atoms with Gasteiger partial charge in [-0.05, 0) is 19.1 Å². The number of hydrogen-bond donors (Lipinski definition) is 0. The molecular weight excluding hydrogens is 240 g/mol. The Labute approximate surface area is 114 Å². The maximum atomic E-state index is 8.93. The van der Waals surface area contributed by atoms with E-state index < -0.39 is 0 Å². The molecule has 0 bridgehead atoms. The fourth-order valence-electron chi connectivity index (χ4n) is 2.18. The summed E-state index contributed by atoms with van der Waals surface area (Å²) >= 11 is 0. The number of nitriles is 1. The van der Waals surface area contributed by atoms with Crippen molar-refractivity contribution in [2.45, 2.75) is 6.92 Å². The van der Waals surface area contributed by atoms with Crippen molar-refractivity contribution in [3.63, 3.8) is 0 Å². The third kappa shape index (κ3) is 3.91. The molecule has 0 saturated carbocycles. The number of nitrogens with zero attached hydrogens (tertiary/aromatic N) is 4. The van der Waals surface area contributed by atoms with Crippen LogP contribution in [0.1, 0.15) is 12.5 Å². The summed E-state index contributed by atoms with van der Waals surface area (Å²) in [6, 6.07) is 5.74. The molecule has 0 radical (unpaired) electrons. The Balaban J connectivity index is 1.93. The van der Waals surface area contributed by atoms with Gasteiger partial charge in [0.2, 0.25) is 0 Å². The fourth-order valence-corrected chi connectivity index (χ4v) is 2.18. The van der Waals surface area contributed by atoms with Crippen molar-refractivity contribution in [3.8, 4) is 6.07 Å². The summed E-state index contributed by atoms with van der Waals surface area (Å²) in [5.74, 6) is 0.884. The van der Waals surface area contributed by atoms with Crippen molar-refractivity contribution in [2.75, 3.05) is 50.8 Å². The first-order chi connectivity index (χ1) is 9.33. The molecule has 102 valence electrons. The summed E-state index contributed by atoms with van der Waals surface area (Å²) in [6.45, 7) is 8.61. The van der Waals surface area contributed by atoms with Crippen LogP contribution in [0.4, 0.5) is 5.82 Å². The lowest BCUT2D eigenvalue weighted by Gasteiger charge is -2.30. The highest BCUT2D eigenvalue weighted by Gasteiger charge is 2.12. The zero-order chi connectivity index (χ0) is 13.5. The lowest BCUT2D eigenvalue weighted by molar-refractivity contribution is 0.0392. The maximum absolute atomic E-state index is 8.93. The van der Waals surface area contributed by atoms with Crippen molar-refractivity contribution in [1.29, 1.82) is 5.26 Å². The predicted octanol–water partition coefficient (Wildman–Crippen LogP) is 1.11. The van der Waals surface area contributed by atoms with Crippen LogP contribution < -0.4 is 4.90 Å². The van der Waals surface area contributed by atoms with Crippen LogP contribution in [0, 0.1) is 11.3 Å². The van der Waals surface area contributed by atoms with Crippen LogP contribution in [0.25, 0.3) is 0 Å². The van der Waals surface area contributed by atoms with E-state index in [0.29, 0.717) is 5.56 Å². The van der Waals surface area contributed by atoms with E-state index in [9.17, 15) is 0 Å². The molecule has 1 saturated heterocycles. The predicted molar refractivity (Wildman–Crippen MR) is 74.1 cm³/mol. The van der Waals surface area contributed by atoms with E-state index >= 15 is 0 Å². The molecule has 0 aliphatic carbocycles. The van der Waals surface area contributed by atoms with Crippen molar-refractivity contribution in [2.24, 2.45) is 0 Å². The number of morpholine rings is 1. The van der Waals surface area contributed by atoms with Gasteiger partial charge in [-0.2, -0.15) is 5.26 Å². The molecule has 0 atom stereocenters. The van der Waals surface area contributed by atoms with Gasteiger partial charge in [-0.1, -0.05) is 0 Å². The van der Waals surface area contributed by atoms with Gasteiger partial charge < -0.3 is 9.64 Å². The molecule has 0 aromatic carbocycles. The van der Waals surface area contributed by atoms with Crippen LogP contribution >= 0.6 is 0 Å². The molecule has 0 unspecified atom stereocenters. The molecule has 5 nitrogen and oxygen atoms in total. The first-order valence-corrected chi connectivity index (χ1v) is 6.74. The van der Waals surface area contributed by atoms with Gasteiger partial charge in [-0.15, -0.1) is 0 Å². The summed E-state index contributed by atoms with van der Waals surface area (Å²) in [4.78, 5) is 8.96. The van der Waals surface area contributed by atoms with Crippen molar-refractivity contribution in [3.05, 3.63) is 23.9 Å². The summed E-state index contributed by atoms with van der Waals surface area (Å²) < 4.78 is 5.34. The molecule has 0 N–H and O–H groups in total. The first kappa shape index (κ1) is 13.8. The summed E-state index contributed by atoms with van der Waals surface area (Å²) in [6.07, 6.45) is 1.70. The van der Waals surface area contributed by atoms with Gasteiger partial charge >= 0.3 is 0 Å². The fraction of sp³-hybridized carbons (Fsp3) is 0.571. The number of rotatable bonds is 5. The molecule has 1 aliphatic heterocycles. The topological polar surface area (TPSA) is 52.4 Å². The lowest BCUT2D eigenvalue weighted by atomic mass is 10.2. The van der Waals surface area contributed by atoms with Crippen molar-refractivity contribution < 1.29 is 4.74 Å². The third-order valence-electron chi connectivity index (χ3n) is 3.37. The van der Waals surface area contributed by atoms with Crippen molar-refractivity contribution in [1.82, 2.24) is 9.88 Å². The van der Waals surface area contributed by atoms with Gasteiger partial charge in [0.15, 0.2) is 0 Å². The highest BCUT2D eigenvalue weighted by atomic mass is 16.5. The van der Waals surface area contributed by atoms with Crippen LogP contribution in [0.5, 0.6) is 0 Å². The van der Waals surface area contributed by atoms with Crippen molar-refractivity contribution >= 4 is 5.82 Å². The minimum absolute atomic E-state index is 0.662. The molecule has 1 fully saturated rings. The van der Waals surface area contributed by atoms with E-state index in [1.807, 2.05) is 6.07 Å². The van der Waals surface area contributed by atoms with Crippen LogP contribution in [-0.4, -0.2) is 55.8 Å². The average Bonchev–Trinajstić information content (AvgIpc) is 2.49. The Kier molecular flexibility index (Phi) is 5.13. The molecule has 1 aromatic heterocycles. The van der Waals surface area contributed by atoms with E-state index in [1.165, 1.54) is 0 Å². The number of ether oxygens (including phenoxy) is 1. The van der Waals surface area contributed by atoms with Crippen LogP contribution in [-0.2, 0) is 4.74 Å². The number of anilines is 1. The molecule has 0 spiro atoms. The molecule has 0 amide bonds. The Morgan fingerprint density at radius 1 is 1.47 bits per heavy atom. The Morgan fingerprint density at radius 3 is 2.95 bits per heavy atom. The van der Waals surface area contributed by atoms with Gasteiger partial charge in [0.05, 0.1) is 24.8 Å². The largest absolute Gasteiger partial charge is 0.379 e. The average molecular weight is 260 g/mol. The number of likely N-dealkylation sites (N-methyl/N-ethyl adjacent to an activating group) is 1. The smallest absolute Gasteiger partial charge is 0.129 e. The van der Waals surface area contributed by atoms with Gasteiger partial charge in [-0.25, -0.2) is 4.98 Å². The van der Waals surface area contributed by atoms with Gasteiger partial charge in [0.25, 0.3) is 0 Å². The normalized spacial score (nSPS) is 16.0. The van der Waals surface area contributed by atoms with E-state index in [-0.39, 0.29) is 0 Å². The van der Waals surface area contributed by atoms with Crippen LogP contribution in [0.15, 0.2) is 18.3 Å². The Hall–Kier alpha value is -1.64.